The molecular formula is C24H17N3O4S2. The Kier molecular flexibility index (Phi) is 5.15. The summed E-state index contributed by atoms with van der Waals surface area (Å²) in [6.07, 6.45) is 1.68. The number of pyridine rings is 1. The molecule has 3 N–H and O–H groups in total. The molecule has 9 heteroatoms. The lowest BCUT2D eigenvalue weighted by atomic mass is 10.1. The summed E-state index contributed by atoms with van der Waals surface area (Å²) in [6, 6.07) is 19.3. The molecule has 2 aromatic carbocycles. The zero-order chi connectivity index (χ0) is 23.2. The fourth-order valence-electron chi connectivity index (χ4n) is 3.61. The third-order valence-corrected chi connectivity index (χ3v) is 6.25. The van der Waals surface area contributed by atoms with Crippen molar-refractivity contribution < 1.29 is 19.1 Å². The Labute approximate surface area is 198 Å². The largest absolute Gasteiger partial charge is 0.477 e. The van der Waals surface area contributed by atoms with Gasteiger partial charge in [0.1, 0.15) is 15.4 Å². The van der Waals surface area contributed by atoms with Gasteiger partial charge in [-0.1, -0.05) is 12.1 Å². The minimum absolute atomic E-state index is 0.0803. The van der Waals surface area contributed by atoms with E-state index >= 15 is 0 Å². The number of hydrogen-bond donors (Lipinski definition) is 5. The van der Waals surface area contributed by atoms with Gasteiger partial charge in [-0.05, 0) is 60.2 Å². The van der Waals surface area contributed by atoms with E-state index in [1.807, 2.05) is 30.3 Å². The van der Waals surface area contributed by atoms with E-state index in [1.165, 1.54) is 6.07 Å². The number of aromatic carboxylic acids is 1. The minimum Gasteiger partial charge on any atom is -0.477 e. The van der Waals surface area contributed by atoms with Gasteiger partial charge in [-0.25, -0.2) is 4.79 Å². The van der Waals surface area contributed by atoms with Gasteiger partial charge in [0, 0.05) is 28.2 Å². The van der Waals surface area contributed by atoms with Gasteiger partial charge in [-0.2, -0.15) is 25.3 Å². The van der Waals surface area contributed by atoms with Crippen molar-refractivity contribution >= 4 is 64.7 Å². The number of carbonyl (C=O) groups is 2. The van der Waals surface area contributed by atoms with Crippen LogP contribution in [-0.4, -0.2) is 27.0 Å². The normalized spacial score (nSPS) is 11.7. The summed E-state index contributed by atoms with van der Waals surface area (Å²) in [5, 5.41) is 13.3. The molecule has 0 aliphatic carbocycles. The molecule has 33 heavy (non-hydrogen) atoms. The second-order valence-electron chi connectivity index (χ2n) is 7.49. The van der Waals surface area contributed by atoms with Crippen LogP contribution in [0.15, 0.2) is 77.3 Å². The number of nitrogens with one attached hydrogen (secondary N) is 2. The van der Waals surface area contributed by atoms with Crippen molar-refractivity contribution in [1.82, 2.24) is 9.97 Å². The third kappa shape index (κ3) is 3.96. The summed E-state index contributed by atoms with van der Waals surface area (Å²) in [7, 11) is 0. The van der Waals surface area contributed by atoms with Crippen LogP contribution in [0, 0.1) is 0 Å². The number of carboxylic acids is 1. The Morgan fingerprint density at radius 3 is 2.61 bits per heavy atom. The highest BCUT2D eigenvalue weighted by atomic mass is 32.2. The molecule has 0 aliphatic heterocycles. The number of anilines is 1. The first kappa shape index (κ1) is 21.2. The van der Waals surface area contributed by atoms with Crippen LogP contribution >= 0.6 is 25.3 Å². The number of benzene rings is 2. The number of aromatic amines is 1. The Morgan fingerprint density at radius 2 is 1.85 bits per heavy atom. The molecule has 0 unspecified atom stereocenters. The van der Waals surface area contributed by atoms with E-state index in [2.05, 4.69) is 15.3 Å². The molecule has 0 spiro atoms. The van der Waals surface area contributed by atoms with Gasteiger partial charge < -0.3 is 19.8 Å². The fourth-order valence-corrected chi connectivity index (χ4v) is 4.15. The van der Waals surface area contributed by atoms with Crippen LogP contribution in [0.3, 0.4) is 0 Å². The number of aromatic nitrogens is 2. The quantitative estimate of drug-likeness (QED) is 0.175. The van der Waals surface area contributed by atoms with Crippen molar-refractivity contribution in [3.8, 4) is 0 Å². The second-order valence-corrected chi connectivity index (χ2v) is 9.19. The van der Waals surface area contributed by atoms with Gasteiger partial charge in [-0.15, -0.1) is 0 Å². The first-order valence-electron chi connectivity index (χ1n) is 9.89. The molecule has 0 saturated carbocycles. The Bertz CT molecular complexity index is 1520. The van der Waals surface area contributed by atoms with Crippen molar-refractivity contribution in [3.63, 3.8) is 0 Å². The highest BCUT2D eigenvalue weighted by Gasteiger charge is 2.27. The predicted molar refractivity (Wildman–Crippen MR) is 132 cm³/mol. The molecule has 3 heterocycles. The molecule has 1 amide bonds. The number of furan rings is 1. The second kappa shape index (κ2) is 8.02. The molecule has 5 rings (SSSR count). The molecular weight excluding hydrogens is 458 g/mol. The number of carboxylic acid groups (broad SMARTS) is 1. The van der Waals surface area contributed by atoms with E-state index < -0.39 is 16.0 Å². The van der Waals surface area contributed by atoms with Gasteiger partial charge in [0.2, 0.25) is 0 Å². The number of nitrogens with zero attached hydrogens (tertiary/aromatic N) is 1. The van der Waals surface area contributed by atoms with E-state index in [-0.39, 0.29) is 11.5 Å². The lowest BCUT2D eigenvalue weighted by Gasteiger charge is -2.22. The molecule has 0 fully saturated rings. The maximum Gasteiger partial charge on any atom is 0.352 e. The van der Waals surface area contributed by atoms with Crippen LogP contribution in [0.5, 0.6) is 0 Å². The zero-order valence-electron chi connectivity index (χ0n) is 16.9. The van der Waals surface area contributed by atoms with Crippen molar-refractivity contribution in [2.45, 2.75) is 4.08 Å². The zero-order valence-corrected chi connectivity index (χ0v) is 18.7. The topological polar surface area (TPSA) is 108 Å². The van der Waals surface area contributed by atoms with Crippen molar-refractivity contribution in [2.24, 2.45) is 0 Å². The molecule has 0 atom stereocenters. The lowest BCUT2D eigenvalue weighted by Crippen LogP contribution is -2.14. The molecule has 0 saturated heterocycles. The average molecular weight is 476 g/mol. The Hall–Kier alpha value is -3.69. The maximum atomic E-state index is 12.8. The number of amides is 1. The summed E-state index contributed by atoms with van der Waals surface area (Å²) >= 11 is 9.40. The highest BCUT2D eigenvalue weighted by molar-refractivity contribution is 8.00. The van der Waals surface area contributed by atoms with E-state index in [0.717, 1.165) is 10.9 Å². The van der Waals surface area contributed by atoms with E-state index in [1.54, 1.807) is 36.5 Å². The molecule has 7 nitrogen and oxygen atoms in total. The van der Waals surface area contributed by atoms with Crippen molar-refractivity contribution in [1.29, 1.82) is 0 Å². The summed E-state index contributed by atoms with van der Waals surface area (Å²) in [4.78, 5) is 31.1. The van der Waals surface area contributed by atoms with Crippen LogP contribution in [0.4, 0.5) is 5.69 Å². The first-order chi connectivity index (χ1) is 15.8. The number of hydrogen-bond acceptors (Lipinski definition) is 6. The maximum absolute atomic E-state index is 12.8. The van der Waals surface area contributed by atoms with Gasteiger partial charge in [0.25, 0.3) is 5.91 Å². The summed E-state index contributed by atoms with van der Waals surface area (Å²) in [5.41, 5.74) is 3.29. The molecule has 0 radical (unpaired) electrons. The van der Waals surface area contributed by atoms with Crippen molar-refractivity contribution in [3.05, 3.63) is 95.6 Å². The minimum atomic E-state index is -1.05. The SMILES string of the molecule is O=C(O)c1cc2cc(NC(=O)c3cc4cc(C(S)(S)c5ccccn5)ccc4o3)ccc2[nH]1. The van der Waals surface area contributed by atoms with Crippen LogP contribution < -0.4 is 5.32 Å². The Morgan fingerprint density at radius 1 is 1.00 bits per heavy atom. The lowest BCUT2D eigenvalue weighted by molar-refractivity contribution is 0.0691. The van der Waals surface area contributed by atoms with E-state index in [9.17, 15) is 9.59 Å². The summed E-state index contributed by atoms with van der Waals surface area (Å²) in [5.74, 6) is -1.33. The standard InChI is InChI=1S/C24H17N3O4S2/c28-22(26-16-5-6-17-13(10-16)11-18(27-17)23(29)30)20-12-14-9-15(4-7-19(14)31-20)24(32,33)21-3-1-2-8-25-21/h1-12,27,32-33H,(H,26,28)(H,29,30). The first-order valence-corrected chi connectivity index (χ1v) is 10.8. The average Bonchev–Trinajstić information content (AvgIpc) is 3.43. The third-order valence-electron chi connectivity index (χ3n) is 5.27. The number of carbonyl (C=O) groups excluding carboxylic acids is 1. The molecule has 164 valence electrons. The van der Waals surface area contributed by atoms with Gasteiger partial charge in [0.15, 0.2) is 5.76 Å². The molecule has 3 aromatic heterocycles. The van der Waals surface area contributed by atoms with Gasteiger partial charge in [-0.3, -0.25) is 9.78 Å². The summed E-state index contributed by atoms with van der Waals surface area (Å²) in [6.45, 7) is 0. The predicted octanol–water partition coefficient (Wildman–Crippen LogP) is 5.32. The van der Waals surface area contributed by atoms with E-state index in [0.29, 0.717) is 27.9 Å². The van der Waals surface area contributed by atoms with Crippen LogP contribution in [-0.2, 0) is 4.08 Å². The smallest absolute Gasteiger partial charge is 0.352 e. The summed E-state index contributed by atoms with van der Waals surface area (Å²) < 4.78 is 4.82. The van der Waals surface area contributed by atoms with Gasteiger partial charge >= 0.3 is 5.97 Å². The van der Waals surface area contributed by atoms with Crippen LogP contribution in [0.1, 0.15) is 32.3 Å². The number of rotatable bonds is 5. The number of thiol groups is 2. The van der Waals surface area contributed by atoms with Crippen molar-refractivity contribution in [2.75, 3.05) is 5.32 Å². The Balaban J connectivity index is 1.41. The number of H-pyrrole nitrogens is 1. The van der Waals surface area contributed by atoms with Gasteiger partial charge in [0.05, 0.1) is 5.69 Å². The molecule has 0 bridgehead atoms. The van der Waals surface area contributed by atoms with Crippen LogP contribution in [0.25, 0.3) is 21.9 Å². The fraction of sp³-hybridized carbons (Fsp3) is 0.0417. The number of fused-ring (bicyclic) bond motifs is 2. The monoisotopic (exact) mass is 475 g/mol. The van der Waals surface area contributed by atoms with Crippen LogP contribution in [0.2, 0.25) is 0 Å². The molecule has 5 aromatic rings. The highest BCUT2D eigenvalue weighted by Crippen LogP contribution is 2.40. The van der Waals surface area contributed by atoms with E-state index in [4.69, 9.17) is 34.8 Å². The molecule has 0 aliphatic rings.